The first kappa shape index (κ1) is 14.0. The van der Waals surface area contributed by atoms with Crippen molar-refractivity contribution in [2.75, 3.05) is 6.54 Å². The molecule has 98 valence electrons. The minimum absolute atomic E-state index is 0.378. The van der Waals surface area contributed by atoms with Crippen LogP contribution in [0.3, 0.4) is 0 Å². The van der Waals surface area contributed by atoms with Gasteiger partial charge in [-0.3, -0.25) is 4.79 Å². The zero-order valence-corrected chi connectivity index (χ0v) is 11.0. The van der Waals surface area contributed by atoms with Crippen LogP contribution in [0, 0.1) is 11.3 Å². The van der Waals surface area contributed by atoms with Gasteiger partial charge in [-0.1, -0.05) is 26.7 Å². The normalized spacial score (nSPS) is 18.1. The molecule has 0 unspecified atom stereocenters. The van der Waals surface area contributed by atoms with E-state index in [2.05, 4.69) is 19.2 Å². The number of alkyl carbamates (subject to hydrolysis) is 1. The fraction of sp³-hybridized carbons (Fsp3) is 0.846. The van der Waals surface area contributed by atoms with Crippen molar-refractivity contribution in [1.82, 2.24) is 5.32 Å². The van der Waals surface area contributed by atoms with Crippen molar-refractivity contribution in [3.05, 3.63) is 0 Å². The van der Waals surface area contributed by atoms with Crippen LogP contribution >= 0.6 is 0 Å². The van der Waals surface area contributed by atoms with Gasteiger partial charge in [-0.05, 0) is 32.1 Å². The van der Waals surface area contributed by atoms with Crippen molar-refractivity contribution >= 4 is 12.1 Å². The monoisotopic (exact) mass is 241 g/mol. The SMILES string of the molecule is CC(C)CCNC(=O)OC(=O)C1(C)CCCC1. The number of hydrogen-bond donors (Lipinski definition) is 1. The highest BCUT2D eigenvalue weighted by Crippen LogP contribution is 2.38. The second-order valence-corrected chi connectivity index (χ2v) is 5.55. The van der Waals surface area contributed by atoms with Gasteiger partial charge in [0.2, 0.25) is 0 Å². The summed E-state index contributed by atoms with van der Waals surface area (Å²) >= 11 is 0. The quantitative estimate of drug-likeness (QED) is 0.608. The number of carbonyl (C=O) groups is 2. The Kier molecular flexibility index (Phi) is 4.97. The summed E-state index contributed by atoms with van der Waals surface area (Å²) in [6.45, 7) is 6.60. The van der Waals surface area contributed by atoms with Crippen LogP contribution in [-0.4, -0.2) is 18.6 Å². The number of rotatable bonds is 4. The van der Waals surface area contributed by atoms with Crippen LogP contribution in [0.2, 0.25) is 0 Å². The van der Waals surface area contributed by atoms with Gasteiger partial charge in [0.1, 0.15) is 0 Å². The third kappa shape index (κ3) is 4.36. The summed E-state index contributed by atoms with van der Waals surface area (Å²) in [5, 5.41) is 2.60. The Morgan fingerprint density at radius 3 is 2.41 bits per heavy atom. The minimum Gasteiger partial charge on any atom is -0.376 e. The Labute approximate surface area is 103 Å². The average Bonchev–Trinajstić information content (AvgIpc) is 2.66. The van der Waals surface area contributed by atoms with Crippen LogP contribution in [0.5, 0.6) is 0 Å². The molecule has 0 radical (unpaired) electrons. The van der Waals surface area contributed by atoms with Crippen molar-refractivity contribution in [3.8, 4) is 0 Å². The Bertz CT molecular complexity index is 280. The predicted octanol–water partition coefficient (Wildman–Crippen LogP) is 2.87. The van der Waals surface area contributed by atoms with Crippen LogP contribution in [0.4, 0.5) is 4.79 Å². The molecule has 0 aliphatic heterocycles. The zero-order valence-electron chi connectivity index (χ0n) is 11.0. The summed E-state index contributed by atoms with van der Waals surface area (Å²) in [7, 11) is 0. The number of ether oxygens (including phenoxy) is 1. The molecule has 0 aromatic heterocycles. The van der Waals surface area contributed by atoms with Crippen LogP contribution in [-0.2, 0) is 9.53 Å². The fourth-order valence-electron chi connectivity index (χ4n) is 2.07. The van der Waals surface area contributed by atoms with Crippen LogP contribution < -0.4 is 5.32 Å². The second kappa shape index (κ2) is 6.03. The lowest BCUT2D eigenvalue weighted by molar-refractivity contribution is -0.147. The van der Waals surface area contributed by atoms with E-state index in [0.29, 0.717) is 12.5 Å². The van der Waals surface area contributed by atoms with E-state index in [4.69, 9.17) is 4.74 Å². The Morgan fingerprint density at radius 2 is 1.88 bits per heavy atom. The summed E-state index contributed by atoms with van der Waals surface area (Å²) in [5.74, 6) is 0.149. The molecule has 0 spiro atoms. The van der Waals surface area contributed by atoms with E-state index in [1.807, 2.05) is 6.92 Å². The molecule has 1 rings (SSSR count). The lowest BCUT2D eigenvalue weighted by atomic mass is 9.89. The van der Waals surface area contributed by atoms with E-state index in [0.717, 1.165) is 32.1 Å². The summed E-state index contributed by atoms with van der Waals surface area (Å²) in [5.41, 5.74) is -0.449. The molecular formula is C13H23NO3. The van der Waals surface area contributed by atoms with Crippen molar-refractivity contribution in [2.24, 2.45) is 11.3 Å². The Balaban J connectivity index is 2.28. The Morgan fingerprint density at radius 1 is 1.29 bits per heavy atom. The highest BCUT2D eigenvalue weighted by Gasteiger charge is 2.38. The molecule has 0 saturated heterocycles. The number of esters is 1. The molecule has 1 aliphatic rings. The van der Waals surface area contributed by atoms with Crippen molar-refractivity contribution in [2.45, 2.75) is 52.9 Å². The van der Waals surface area contributed by atoms with E-state index < -0.39 is 11.5 Å². The first-order chi connectivity index (χ1) is 7.94. The Hall–Kier alpha value is -1.06. The van der Waals surface area contributed by atoms with E-state index >= 15 is 0 Å². The third-order valence-corrected chi connectivity index (χ3v) is 3.38. The molecule has 4 nitrogen and oxygen atoms in total. The molecule has 1 amide bonds. The van der Waals surface area contributed by atoms with Crippen LogP contribution in [0.15, 0.2) is 0 Å². The minimum atomic E-state index is -0.608. The van der Waals surface area contributed by atoms with Gasteiger partial charge in [0, 0.05) is 6.54 Å². The van der Waals surface area contributed by atoms with Crippen LogP contribution in [0.1, 0.15) is 52.9 Å². The van der Waals surface area contributed by atoms with E-state index in [1.165, 1.54) is 0 Å². The number of hydrogen-bond acceptors (Lipinski definition) is 3. The van der Waals surface area contributed by atoms with E-state index in [9.17, 15) is 9.59 Å². The van der Waals surface area contributed by atoms with Gasteiger partial charge in [0.25, 0.3) is 0 Å². The maximum absolute atomic E-state index is 11.8. The lowest BCUT2D eigenvalue weighted by Crippen LogP contribution is -2.34. The molecule has 4 heteroatoms. The topological polar surface area (TPSA) is 55.4 Å². The molecule has 1 N–H and O–H groups in total. The average molecular weight is 241 g/mol. The molecule has 0 aromatic rings. The van der Waals surface area contributed by atoms with E-state index in [-0.39, 0.29) is 5.97 Å². The standard InChI is InChI=1S/C13H23NO3/c1-10(2)6-9-14-12(16)17-11(15)13(3)7-4-5-8-13/h10H,4-9H2,1-3H3,(H,14,16). The molecule has 17 heavy (non-hydrogen) atoms. The van der Waals surface area contributed by atoms with Gasteiger partial charge in [-0.2, -0.15) is 0 Å². The zero-order chi connectivity index (χ0) is 12.9. The highest BCUT2D eigenvalue weighted by atomic mass is 16.6. The fourth-order valence-corrected chi connectivity index (χ4v) is 2.07. The first-order valence-corrected chi connectivity index (χ1v) is 6.44. The summed E-state index contributed by atoms with van der Waals surface area (Å²) < 4.78 is 4.83. The van der Waals surface area contributed by atoms with Crippen LogP contribution in [0.25, 0.3) is 0 Å². The predicted molar refractivity (Wildman–Crippen MR) is 65.5 cm³/mol. The second-order valence-electron chi connectivity index (χ2n) is 5.55. The number of nitrogens with one attached hydrogen (secondary N) is 1. The maximum atomic E-state index is 11.8. The highest BCUT2D eigenvalue weighted by molar-refractivity contribution is 5.88. The first-order valence-electron chi connectivity index (χ1n) is 6.44. The third-order valence-electron chi connectivity index (χ3n) is 3.38. The van der Waals surface area contributed by atoms with Crippen molar-refractivity contribution in [1.29, 1.82) is 0 Å². The van der Waals surface area contributed by atoms with Crippen molar-refractivity contribution < 1.29 is 14.3 Å². The molecule has 0 aromatic carbocycles. The van der Waals surface area contributed by atoms with Crippen molar-refractivity contribution in [3.63, 3.8) is 0 Å². The number of carbonyl (C=O) groups excluding carboxylic acids is 2. The summed E-state index contributed by atoms with van der Waals surface area (Å²) in [4.78, 5) is 23.2. The lowest BCUT2D eigenvalue weighted by Gasteiger charge is -2.20. The molecule has 0 heterocycles. The smallest absolute Gasteiger partial charge is 0.376 e. The van der Waals surface area contributed by atoms with Gasteiger partial charge in [-0.15, -0.1) is 0 Å². The largest absolute Gasteiger partial charge is 0.414 e. The molecular weight excluding hydrogens is 218 g/mol. The molecule has 1 aliphatic carbocycles. The molecule has 1 fully saturated rings. The molecule has 1 saturated carbocycles. The summed E-state index contributed by atoms with van der Waals surface area (Å²) in [6, 6.07) is 0. The molecule has 0 bridgehead atoms. The van der Waals surface area contributed by atoms with Gasteiger partial charge in [0.05, 0.1) is 5.41 Å². The molecule has 0 atom stereocenters. The number of amides is 1. The van der Waals surface area contributed by atoms with Gasteiger partial charge < -0.3 is 10.1 Å². The van der Waals surface area contributed by atoms with E-state index in [1.54, 1.807) is 0 Å². The maximum Gasteiger partial charge on any atom is 0.414 e. The van der Waals surface area contributed by atoms with Gasteiger partial charge in [0.15, 0.2) is 0 Å². The summed E-state index contributed by atoms with van der Waals surface area (Å²) in [6.07, 6.45) is 4.02. The van der Waals surface area contributed by atoms with Gasteiger partial charge in [-0.25, -0.2) is 4.79 Å². The van der Waals surface area contributed by atoms with Gasteiger partial charge >= 0.3 is 12.1 Å².